The predicted molar refractivity (Wildman–Crippen MR) is 72.5 cm³/mol. The first-order chi connectivity index (χ1) is 9.08. The number of nitrogens with one attached hydrogen (secondary N) is 1. The summed E-state index contributed by atoms with van der Waals surface area (Å²) in [5, 5.41) is 11.9. The van der Waals surface area contributed by atoms with Crippen molar-refractivity contribution in [3.8, 4) is 0 Å². The first kappa shape index (κ1) is 12.4. The van der Waals surface area contributed by atoms with Crippen LogP contribution in [0, 0.1) is 11.8 Å². The molecule has 2 aromatic rings. The highest BCUT2D eigenvalue weighted by Gasteiger charge is 2.48. The van der Waals surface area contributed by atoms with Crippen molar-refractivity contribution in [3.05, 3.63) is 22.7 Å². The minimum atomic E-state index is -0.932. The van der Waals surface area contributed by atoms with Crippen LogP contribution in [0.4, 0.5) is 5.69 Å². The number of hydrogen-bond donors (Lipinski definition) is 2. The Kier molecular flexibility index (Phi) is 2.91. The minimum Gasteiger partial charge on any atom is -0.481 e. The summed E-state index contributed by atoms with van der Waals surface area (Å²) >= 11 is 7.51. The van der Waals surface area contributed by atoms with E-state index in [1.54, 1.807) is 11.6 Å². The first-order valence-electron chi connectivity index (χ1n) is 5.63. The highest BCUT2D eigenvalue weighted by molar-refractivity contribution is 7.16. The van der Waals surface area contributed by atoms with Crippen LogP contribution >= 0.6 is 22.9 Å². The molecule has 1 fully saturated rings. The zero-order valence-corrected chi connectivity index (χ0v) is 11.2. The van der Waals surface area contributed by atoms with E-state index in [1.807, 2.05) is 6.07 Å². The van der Waals surface area contributed by atoms with E-state index in [2.05, 4.69) is 10.3 Å². The van der Waals surface area contributed by atoms with E-state index in [4.69, 9.17) is 16.7 Å². The number of halogens is 1. The quantitative estimate of drug-likeness (QED) is 0.912. The zero-order chi connectivity index (χ0) is 13.6. The molecule has 0 spiro atoms. The van der Waals surface area contributed by atoms with Crippen molar-refractivity contribution in [1.82, 2.24) is 4.98 Å². The van der Waals surface area contributed by atoms with Gasteiger partial charge in [0.2, 0.25) is 5.91 Å². The fourth-order valence-electron chi connectivity index (χ4n) is 2.00. The summed E-state index contributed by atoms with van der Waals surface area (Å²) < 4.78 is 0.922. The van der Waals surface area contributed by atoms with Crippen LogP contribution in [0.5, 0.6) is 0 Å². The Morgan fingerprint density at radius 3 is 2.89 bits per heavy atom. The second-order valence-corrected chi connectivity index (χ2v) is 5.69. The van der Waals surface area contributed by atoms with Gasteiger partial charge in [-0.25, -0.2) is 4.98 Å². The van der Waals surface area contributed by atoms with Crippen molar-refractivity contribution in [1.29, 1.82) is 0 Å². The lowest BCUT2D eigenvalue weighted by Gasteiger charge is -2.07. The molecule has 1 heterocycles. The van der Waals surface area contributed by atoms with Gasteiger partial charge in [0, 0.05) is 0 Å². The maximum absolute atomic E-state index is 11.9. The molecule has 1 aromatic carbocycles. The van der Waals surface area contributed by atoms with Crippen molar-refractivity contribution in [2.24, 2.45) is 11.8 Å². The molecule has 0 radical (unpaired) electrons. The molecular weight excluding hydrogens is 288 g/mol. The van der Waals surface area contributed by atoms with Gasteiger partial charge in [-0.15, -0.1) is 11.3 Å². The van der Waals surface area contributed by atoms with Crippen molar-refractivity contribution >= 4 is 50.7 Å². The number of carbonyl (C=O) groups is 2. The van der Waals surface area contributed by atoms with Crippen LogP contribution in [0.3, 0.4) is 0 Å². The van der Waals surface area contributed by atoms with Crippen LogP contribution in [0.2, 0.25) is 5.02 Å². The Labute approximate surface area is 117 Å². The Morgan fingerprint density at radius 2 is 2.21 bits per heavy atom. The smallest absolute Gasteiger partial charge is 0.307 e. The maximum atomic E-state index is 11.9. The molecule has 1 aliphatic carbocycles. The van der Waals surface area contributed by atoms with E-state index in [0.29, 0.717) is 22.6 Å². The van der Waals surface area contributed by atoms with Crippen molar-refractivity contribution in [3.63, 3.8) is 0 Å². The number of aromatic nitrogens is 1. The number of aliphatic carboxylic acids is 1. The summed E-state index contributed by atoms with van der Waals surface area (Å²) in [4.78, 5) is 26.9. The van der Waals surface area contributed by atoms with Gasteiger partial charge in [0.15, 0.2) is 0 Å². The van der Waals surface area contributed by atoms with Gasteiger partial charge in [-0.1, -0.05) is 11.6 Å². The third-order valence-corrected chi connectivity index (χ3v) is 4.25. The lowest BCUT2D eigenvalue weighted by Crippen LogP contribution is -2.17. The molecule has 2 N–H and O–H groups in total. The van der Waals surface area contributed by atoms with Crippen molar-refractivity contribution in [2.45, 2.75) is 6.42 Å². The summed E-state index contributed by atoms with van der Waals surface area (Å²) in [6.07, 6.45) is 0.381. The number of hydrogen-bond acceptors (Lipinski definition) is 4. The Morgan fingerprint density at radius 1 is 1.42 bits per heavy atom. The van der Waals surface area contributed by atoms with E-state index >= 15 is 0 Å². The van der Waals surface area contributed by atoms with E-state index in [9.17, 15) is 9.59 Å². The number of carboxylic acid groups (broad SMARTS) is 1. The molecule has 3 rings (SSSR count). The minimum absolute atomic E-state index is 0.310. The average molecular weight is 297 g/mol. The largest absolute Gasteiger partial charge is 0.481 e. The van der Waals surface area contributed by atoms with Gasteiger partial charge in [-0.3, -0.25) is 9.59 Å². The monoisotopic (exact) mass is 296 g/mol. The molecule has 5 nitrogen and oxygen atoms in total. The number of fused-ring (bicyclic) bond motifs is 1. The summed E-state index contributed by atoms with van der Waals surface area (Å²) in [5.74, 6) is -2.29. The van der Waals surface area contributed by atoms with E-state index in [-0.39, 0.29) is 5.91 Å². The lowest BCUT2D eigenvalue weighted by molar-refractivity contribution is -0.139. The molecule has 2 atom stereocenters. The molecule has 98 valence electrons. The van der Waals surface area contributed by atoms with Crippen LogP contribution < -0.4 is 5.32 Å². The molecule has 0 saturated heterocycles. The number of amides is 1. The summed E-state index contributed by atoms with van der Waals surface area (Å²) in [6, 6.07) is 3.53. The zero-order valence-electron chi connectivity index (χ0n) is 9.59. The topological polar surface area (TPSA) is 79.3 Å². The van der Waals surface area contributed by atoms with Crippen molar-refractivity contribution in [2.75, 3.05) is 5.32 Å². The fraction of sp³-hybridized carbons (Fsp3) is 0.250. The van der Waals surface area contributed by atoms with Crippen LogP contribution in [0.25, 0.3) is 10.2 Å². The SMILES string of the molecule is O=C(O)C1CC1C(=O)Nc1c(Cl)ccc2scnc12. The number of rotatable bonds is 3. The highest BCUT2D eigenvalue weighted by Crippen LogP contribution is 2.40. The van der Waals surface area contributed by atoms with Crippen LogP contribution in [0.15, 0.2) is 17.6 Å². The van der Waals surface area contributed by atoms with E-state index in [0.717, 1.165) is 4.70 Å². The molecule has 7 heteroatoms. The van der Waals surface area contributed by atoms with Gasteiger partial charge in [0.1, 0.15) is 5.52 Å². The Bertz CT molecular complexity index is 685. The number of carboxylic acids is 1. The molecule has 1 amide bonds. The number of carbonyl (C=O) groups excluding carboxylic acids is 1. The number of nitrogens with zero attached hydrogens (tertiary/aromatic N) is 1. The molecule has 0 aliphatic heterocycles. The van der Waals surface area contributed by atoms with Crippen LogP contribution in [-0.2, 0) is 9.59 Å². The van der Waals surface area contributed by atoms with Crippen molar-refractivity contribution < 1.29 is 14.7 Å². The van der Waals surface area contributed by atoms with Gasteiger partial charge in [0.25, 0.3) is 0 Å². The molecule has 2 unspecified atom stereocenters. The molecular formula is C12H9ClN2O3S. The lowest BCUT2D eigenvalue weighted by atomic mass is 10.2. The second-order valence-electron chi connectivity index (χ2n) is 4.40. The van der Waals surface area contributed by atoms with E-state index in [1.165, 1.54) is 11.3 Å². The van der Waals surface area contributed by atoms with Gasteiger partial charge in [-0.05, 0) is 18.6 Å². The molecule has 1 aliphatic rings. The Balaban J connectivity index is 1.86. The fourth-order valence-corrected chi connectivity index (χ4v) is 2.88. The third kappa shape index (κ3) is 2.17. The molecule has 1 saturated carbocycles. The number of thiazole rings is 1. The summed E-state index contributed by atoms with van der Waals surface area (Å²) in [7, 11) is 0. The average Bonchev–Trinajstić information content (AvgIpc) is 3.04. The standard InChI is InChI=1S/C12H9ClN2O3S/c13-7-1-2-8-10(14-4-19-8)9(7)15-11(16)5-3-6(5)12(17)18/h1-2,4-6H,3H2,(H,15,16)(H,17,18). The van der Waals surface area contributed by atoms with E-state index < -0.39 is 17.8 Å². The third-order valence-electron chi connectivity index (χ3n) is 3.14. The normalized spacial score (nSPS) is 21.3. The van der Waals surface area contributed by atoms with Gasteiger partial charge in [0.05, 0.1) is 32.8 Å². The van der Waals surface area contributed by atoms with Crippen LogP contribution in [0.1, 0.15) is 6.42 Å². The van der Waals surface area contributed by atoms with Crippen LogP contribution in [-0.4, -0.2) is 22.0 Å². The summed E-state index contributed by atoms with van der Waals surface area (Å²) in [6.45, 7) is 0. The molecule has 19 heavy (non-hydrogen) atoms. The number of anilines is 1. The Hall–Kier alpha value is -1.66. The predicted octanol–water partition coefficient (Wildman–Crippen LogP) is 2.61. The highest BCUT2D eigenvalue weighted by atomic mass is 35.5. The van der Waals surface area contributed by atoms with Gasteiger partial charge >= 0.3 is 5.97 Å². The first-order valence-corrected chi connectivity index (χ1v) is 6.89. The van der Waals surface area contributed by atoms with Gasteiger partial charge in [-0.2, -0.15) is 0 Å². The molecule has 0 bridgehead atoms. The van der Waals surface area contributed by atoms with Gasteiger partial charge < -0.3 is 10.4 Å². The summed E-state index contributed by atoms with van der Waals surface area (Å²) in [5.41, 5.74) is 2.77. The second kappa shape index (κ2) is 4.47. The maximum Gasteiger partial charge on any atom is 0.307 e. The molecule has 1 aromatic heterocycles. The number of benzene rings is 1.